The molecule has 0 saturated heterocycles. The third-order valence-corrected chi connectivity index (χ3v) is 1.94. The van der Waals surface area contributed by atoms with Crippen molar-refractivity contribution in [1.29, 1.82) is 0 Å². The molecule has 0 unspecified atom stereocenters. The van der Waals surface area contributed by atoms with Gasteiger partial charge >= 0.3 is 5.97 Å². The molecule has 0 saturated carbocycles. The molecule has 0 aliphatic heterocycles. The Kier molecular flexibility index (Phi) is 3.14. The van der Waals surface area contributed by atoms with Gasteiger partial charge in [-0.2, -0.15) is 0 Å². The van der Waals surface area contributed by atoms with Crippen molar-refractivity contribution in [3.8, 4) is 5.75 Å². The molecule has 0 fully saturated rings. The van der Waals surface area contributed by atoms with Gasteiger partial charge in [0.15, 0.2) is 0 Å². The summed E-state index contributed by atoms with van der Waals surface area (Å²) in [5.74, 6) is -1.04. The van der Waals surface area contributed by atoms with Crippen molar-refractivity contribution >= 4 is 23.6 Å². The van der Waals surface area contributed by atoms with Crippen molar-refractivity contribution in [2.45, 2.75) is 6.92 Å². The number of aromatic hydroxyl groups is 1. The minimum atomic E-state index is -1.01. The second-order valence-corrected chi connectivity index (χ2v) is 3.27. The van der Waals surface area contributed by atoms with Gasteiger partial charge in [-0.25, -0.2) is 4.79 Å². The normalized spacial score (nSPS) is 11.4. The van der Waals surface area contributed by atoms with E-state index in [1.807, 2.05) is 0 Å². The Morgan fingerprint density at radius 3 is 2.64 bits per heavy atom. The predicted molar refractivity (Wildman–Crippen MR) is 54.4 cm³/mol. The van der Waals surface area contributed by atoms with E-state index >= 15 is 0 Å². The molecule has 2 N–H and O–H groups in total. The van der Waals surface area contributed by atoms with Crippen molar-refractivity contribution in [3.05, 3.63) is 34.4 Å². The Labute approximate surface area is 86.3 Å². The molecular weight excluding hydrogens is 204 g/mol. The first-order chi connectivity index (χ1) is 6.50. The van der Waals surface area contributed by atoms with E-state index in [0.29, 0.717) is 10.6 Å². The van der Waals surface area contributed by atoms with E-state index in [-0.39, 0.29) is 11.3 Å². The largest absolute Gasteiger partial charge is 0.507 e. The molecule has 0 heterocycles. The number of hydrogen-bond donors (Lipinski definition) is 2. The summed E-state index contributed by atoms with van der Waals surface area (Å²) in [6, 6.07) is 4.51. The van der Waals surface area contributed by atoms with Gasteiger partial charge in [-0.05, 0) is 31.2 Å². The molecule has 0 aromatic heterocycles. The second kappa shape index (κ2) is 4.15. The monoisotopic (exact) mass is 212 g/mol. The summed E-state index contributed by atoms with van der Waals surface area (Å²) in [7, 11) is 0. The molecule has 0 aliphatic carbocycles. The molecule has 0 amide bonds. The highest BCUT2D eigenvalue weighted by Gasteiger charge is 2.03. The number of carboxylic acids is 1. The quantitative estimate of drug-likeness (QED) is 0.741. The number of carbonyl (C=O) groups is 1. The van der Waals surface area contributed by atoms with E-state index in [4.69, 9.17) is 16.7 Å². The highest BCUT2D eigenvalue weighted by Crippen LogP contribution is 2.23. The van der Waals surface area contributed by atoms with Crippen LogP contribution in [0.15, 0.2) is 23.8 Å². The lowest BCUT2D eigenvalue weighted by atomic mass is 10.1. The van der Waals surface area contributed by atoms with Crippen molar-refractivity contribution < 1.29 is 15.0 Å². The van der Waals surface area contributed by atoms with Gasteiger partial charge in [0, 0.05) is 16.2 Å². The third-order valence-electron chi connectivity index (χ3n) is 1.70. The van der Waals surface area contributed by atoms with Crippen LogP contribution >= 0.6 is 11.6 Å². The summed E-state index contributed by atoms with van der Waals surface area (Å²) in [5, 5.41) is 18.4. The molecule has 0 spiro atoms. The molecule has 14 heavy (non-hydrogen) atoms. The maximum absolute atomic E-state index is 10.5. The maximum Gasteiger partial charge on any atom is 0.331 e. The van der Waals surface area contributed by atoms with Gasteiger partial charge in [-0.1, -0.05) is 11.6 Å². The van der Waals surface area contributed by atoms with Crippen molar-refractivity contribution in [1.82, 2.24) is 0 Å². The van der Waals surface area contributed by atoms with Gasteiger partial charge < -0.3 is 10.2 Å². The highest BCUT2D eigenvalue weighted by molar-refractivity contribution is 6.30. The van der Waals surface area contributed by atoms with Gasteiger partial charge in [-0.15, -0.1) is 0 Å². The molecule has 4 heteroatoms. The predicted octanol–water partition coefficient (Wildman–Crippen LogP) is 2.53. The van der Waals surface area contributed by atoms with E-state index in [9.17, 15) is 9.90 Å². The Bertz CT molecular complexity index is 396. The number of halogens is 1. The average molecular weight is 213 g/mol. The van der Waals surface area contributed by atoms with Gasteiger partial charge in [0.25, 0.3) is 0 Å². The van der Waals surface area contributed by atoms with Crippen LogP contribution in [0.3, 0.4) is 0 Å². The van der Waals surface area contributed by atoms with Crippen LogP contribution in [-0.4, -0.2) is 16.2 Å². The second-order valence-electron chi connectivity index (χ2n) is 2.84. The van der Waals surface area contributed by atoms with Gasteiger partial charge in [0.05, 0.1) is 0 Å². The van der Waals surface area contributed by atoms with Crippen LogP contribution in [0.4, 0.5) is 0 Å². The molecular formula is C10H9ClO3. The number of rotatable bonds is 2. The smallest absolute Gasteiger partial charge is 0.331 e. The lowest BCUT2D eigenvalue weighted by Gasteiger charge is -2.00. The fraction of sp³-hybridized carbons (Fsp3) is 0.100. The first-order valence-electron chi connectivity index (χ1n) is 3.91. The molecule has 74 valence electrons. The van der Waals surface area contributed by atoms with Crippen molar-refractivity contribution in [3.63, 3.8) is 0 Å². The first-order valence-corrected chi connectivity index (χ1v) is 4.28. The number of benzene rings is 1. The molecule has 0 bridgehead atoms. The van der Waals surface area contributed by atoms with Crippen LogP contribution < -0.4 is 0 Å². The molecule has 0 atom stereocenters. The van der Waals surface area contributed by atoms with Crippen LogP contribution in [0.2, 0.25) is 5.02 Å². The van der Waals surface area contributed by atoms with E-state index in [1.54, 1.807) is 12.1 Å². The first kappa shape index (κ1) is 10.6. The fourth-order valence-electron chi connectivity index (χ4n) is 0.934. The van der Waals surface area contributed by atoms with Crippen LogP contribution in [0.5, 0.6) is 5.75 Å². The zero-order valence-electron chi connectivity index (χ0n) is 7.49. The number of aliphatic carboxylic acids is 1. The summed E-state index contributed by atoms with van der Waals surface area (Å²) in [4.78, 5) is 10.5. The van der Waals surface area contributed by atoms with Crippen LogP contribution in [0, 0.1) is 0 Å². The Hall–Kier alpha value is -1.48. The molecule has 1 aromatic rings. The minimum Gasteiger partial charge on any atom is -0.507 e. The maximum atomic E-state index is 10.5. The minimum absolute atomic E-state index is 0.0295. The summed E-state index contributed by atoms with van der Waals surface area (Å²) in [6.07, 6.45) is 1.38. The molecule has 1 rings (SSSR count). The lowest BCUT2D eigenvalue weighted by Crippen LogP contribution is -1.95. The summed E-state index contributed by atoms with van der Waals surface area (Å²) in [6.45, 7) is 1.45. The summed E-state index contributed by atoms with van der Waals surface area (Å²) >= 11 is 5.62. The Morgan fingerprint density at radius 2 is 2.14 bits per heavy atom. The van der Waals surface area contributed by atoms with E-state index in [0.717, 1.165) is 0 Å². The van der Waals surface area contributed by atoms with E-state index in [1.165, 1.54) is 19.1 Å². The van der Waals surface area contributed by atoms with Crippen molar-refractivity contribution in [2.75, 3.05) is 0 Å². The van der Waals surface area contributed by atoms with Gasteiger partial charge in [0.1, 0.15) is 5.75 Å². The standard InChI is InChI=1S/C10H9ClO3/c1-6(10(13)14)4-7-2-3-8(11)5-9(7)12/h2-5,12H,1H3,(H,13,14). The topological polar surface area (TPSA) is 57.5 Å². The third kappa shape index (κ3) is 2.50. The van der Waals surface area contributed by atoms with Crippen LogP contribution in [-0.2, 0) is 4.79 Å². The molecule has 1 aromatic carbocycles. The number of hydrogen-bond acceptors (Lipinski definition) is 2. The fourth-order valence-corrected chi connectivity index (χ4v) is 1.10. The molecule has 0 aliphatic rings. The van der Waals surface area contributed by atoms with Gasteiger partial charge in [0.2, 0.25) is 0 Å². The molecule has 3 nitrogen and oxygen atoms in total. The zero-order chi connectivity index (χ0) is 10.7. The van der Waals surface area contributed by atoms with Crippen molar-refractivity contribution in [2.24, 2.45) is 0 Å². The SMILES string of the molecule is CC(=Cc1ccc(Cl)cc1O)C(=O)O. The number of phenols is 1. The average Bonchev–Trinajstić information content (AvgIpc) is 2.09. The number of phenolic OH excluding ortho intramolecular Hbond substituents is 1. The van der Waals surface area contributed by atoms with Gasteiger partial charge in [-0.3, -0.25) is 0 Å². The Balaban J connectivity index is 3.09. The molecule has 0 radical (unpaired) electrons. The summed E-state index contributed by atoms with van der Waals surface area (Å²) < 4.78 is 0. The zero-order valence-corrected chi connectivity index (χ0v) is 8.25. The van der Waals surface area contributed by atoms with E-state index in [2.05, 4.69) is 0 Å². The van der Waals surface area contributed by atoms with E-state index < -0.39 is 5.97 Å². The Morgan fingerprint density at radius 1 is 1.50 bits per heavy atom. The summed E-state index contributed by atoms with van der Waals surface area (Å²) in [5.41, 5.74) is 0.594. The van der Waals surface area contributed by atoms with Crippen LogP contribution in [0.25, 0.3) is 6.08 Å². The highest BCUT2D eigenvalue weighted by atomic mass is 35.5. The van der Waals surface area contributed by atoms with Crippen LogP contribution in [0.1, 0.15) is 12.5 Å². The lowest BCUT2D eigenvalue weighted by molar-refractivity contribution is -0.132. The number of carboxylic acid groups (broad SMARTS) is 1.